The van der Waals surface area contributed by atoms with Crippen LogP contribution >= 0.6 is 0 Å². The van der Waals surface area contributed by atoms with Gasteiger partial charge in [0.15, 0.2) is 11.5 Å². The Kier molecular flexibility index (Phi) is 5.79. The van der Waals surface area contributed by atoms with Gasteiger partial charge in [-0.3, -0.25) is 4.79 Å². The molecule has 0 spiro atoms. The number of carbonyl (C=O) groups excluding carboxylic acids is 1. The van der Waals surface area contributed by atoms with Crippen molar-refractivity contribution in [1.82, 2.24) is 5.32 Å². The third-order valence-corrected chi connectivity index (χ3v) is 4.19. The molecular weight excluding hydrogens is 330 g/mol. The van der Waals surface area contributed by atoms with E-state index in [0.717, 1.165) is 23.3 Å². The van der Waals surface area contributed by atoms with Crippen molar-refractivity contribution in [3.63, 3.8) is 0 Å². The Bertz CT molecular complexity index is 800. The Morgan fingerprint density at radius 1 is 1.27 bits per heavy atom. The van der Waals surface area contributed by atoms with Crippen molar-refractivity contribution in [2.24, 2.45) is 0 Å². The van der Waals surface area contributed by atoms with Crippen molar-refractivity contribution < 1.29 is 19.0 Å². The van der Waals surface area contributed by atoms with Crippen LogP contribution in [-0.4, -0.2) is 26.2 Å². The Balaban J connectivity index is 1.68. The molecule has 5 heteroatoms. The molecule has 1 heterocycles. The average molecular weight is 353 g/mol. The normalized spacial score (nSPS) is 15.8. The van der Waals surface area contributed by atoms with E-state index in [9.17, 15) is 4.79 Å². The Labute approximate surface area is 153 Å². The number of para-hydroxylation sites is 1. The number of carbonyl (C=O) groups is 1. The summed E-state index contributed by atoms with van der Waals surface area (Å²) in [5, 5.41) is 3.05. The van der Waals surface area contributed by atoms with Crippen LogP contribution in [0.1, 0.15) is 30.5 Å². The maximum absolute atomic E-state index is 12.3. The lowest BCUT2D eigenvalue weighted by atomic mass is 10.0. The fourth-order valence-corrected chi connectivity index (χ4v) is 2.95. The van der Waals surface area contributed by atoms with E-state index in [1.807, 2.05) is 49.4 Å². The molecule has 0 fully saturated rings. The van der Waals surface area contributed by atoms with Crippen LogP contribution in [0.15, 0.2) is 48.5 Å². The maximum Gasteiger partial charge on any atom is 0.244 e. The highest BCUT2D eigenvalue weighted by atomic mass is 16.5. The number of amides is 1. The van der Waals surface area contributed by atoms with Crippen LogP contribution in [0.25, 0.3) is 6.08 Å². The van der Waals surface area contributed by atoms with E-state index >= 15 is 0 Å². The van der Waals surface area contributed by atoms with Gasteiger partial charge >= 0.3 is 0 Å². The summed E-state index contributed by atoms with van der Waals surface area (Å²) in [6.45, 7) is 3.07. The molecule has 1 amide bonds. The summed E-state index contributed by atoms with van der Waals surface area (Å²) in [7, 11) is 1.60. The Morgan fingerprint density at radius 3 is 2.92 bits per heavy atom. The van der Waals surface area contributed by atoms with E-state index < -0.39 is 0 Å². The van der Waals surface area contributed by atoms with Crippen molar-refractivity contribution in [2.45, 2.75) is 19.4 Å². The first-order chi connectivity index (χ1) is 12.7. The van der Waals surface area contributed by atoms with Crippen molar-refractivity contribution >= 4 is 12.0 Å². The summed E-state index contributed by atoms with van der Waals surface area (Å²) in [6, 6.07) is 13.3. The lowest BCUT2D eigenvalue weighted by Crippen LogP contribution is -2.30. The van der Waals surface area contributed by atoms with Gasteiger partial charge in [0.1, 0.15) is 5.75 Å². The van der Waals surface area contributed by atoms with Crippen LogP contribution < -0.4 is 19.5 Å². The number of nitrogens with one attached hydrogen (secondary N) is 1. The zero-order valence-corrected chi connectivity index (χ0v) is 15.0. The number of hydrogen-bond acceptors (Lipinski definition) is 4. The van der Waals surface area contributed by atoms with Crippen molar-refractivity contribution in [3.8, 4) is 17.2 Å². The summed E-state index contributed by atoms with van der Waals surface area (Å²) < 4.78 is 16.5. The van der Waals surface area contributed by atoms with E-state index in [1.165, 1.54) is 6.08 Å². The molecule has 0 aliphatic carbocycles. The van der Waals surface area contributed by atoms with Crippen molar-refractivity contribution in [2.75, 3.05) is 20.3 Å². The van der Waals surface area contributed by atoms with Gasteiger partial charge in [-0.2, -0.15) is 0 Å². The number of methoxy groups -OCH3 is 1. The second-order valence-corrected chi connectivity index (χ2v) is 5.91. The molecule has 1 aliphatic heterocycles. The van der Waals surface area contributed by atoms with Gasteiger partial charge in [0.2, 0.25) is 5.91 Å². The monoisotopic (exact) mass is 353 g/mol. The second-order valence-electron chi connectivity index (χ2n) is 5.91. The number of benzene rings is 2. The summed E-state index contributed by atoms with van der Waals surface area (Å²) in [4.78, 5) is 12.3. The highest BCUT2D eigenvalue weighted by molar-refractivity contribution is 5.92. The van der Waals surface area contributed by atoms with Gasteiger partial charge in [-0.25, -0.2) is 0 Å². The molecule has 1 aliphatic rings. The molecule has 136 valence electrons. The third kappa shape index (κ3) is 4.17. The van der Waals surface area contributed by atoms with Gasteiger partial charge in [0.05, 0.1) is 26.4 Å². The largest absolute Gasteiger partial charge is 0.493 e. The zero-order valence-electron chi connectivity index (χ0n) is 15.0. The average Bonchev–Trinajstić information content (AvgIpc) is 2.67. The second kappa shape index (κ2) is 8.43. The van der Waals surface area contributed by atoms with Crippen molar-refractivity contribution in [3.05, 3.63) is 59.7 Å². The molecule has 2 aromatic carbocycles. The molecular formula is C21H23NO4. The molecule has 0 bridgehead atoms. The minimum absolute atomic E-state index is 0.0352. The van der Waals surface area contributed by atoms with E-state index in [2.05, 4.69) is 5.32 Å². The van der Waals surface area contributed by atoms with E-state index in [4.69, 9.17) is 14.2 Å². The molecule has 0 saturated heterocycles. The molecule has 0 saturated carbocycles. The number of ether oxygens (including phenoxy) is 3. The lowest BCUT2D eigenvalue weighted by Gasteiger charge is -2.26. The summed E-state index contributed by atoms with van der Waals surface area (Å²) in [5.74, 6) is 2.04. The molecule has 1 atom stereocenters. The van der Waals surface area contributed by atoms with E-state index in [1.54, 1.807) is 13.2 Å². The first-order valence-corrected chi connectivity index (χ1v) is 8.72. The number of rotatable bonds is 6. The summed E-state index contributed by atoms with van der Waals surface area (Å²) in [5.41, 5.74) is 1.89. The molecule has 3 rings (SSSR count). The number of hydrogen-bond donors (Lipinski definition) is 1. The molecule has 2 aromatic rings. The predicted molar refractivity (Wildman–Crippen MR) is 101 cm³/mol. The van der Waals surface area contributed by atoms with Crippen LogP contribution in [0.2, 0.25) is 0 Å². The van der Waals surface area contributed by atoms with Gasteiger partial charge in [-0.05, 0) is 36.8 Å². The van der Waals surface area contributed by atoms with Gasteiger partial charge in [-0.1, -0.05) is 24.3 Å². The molecule has 1 N–H and O–H groups in total. The predicted octanol–water partition coefficient (Wildman–Crippen LogP) is 3.75. The highest BCUT2D eigenvalue weighted by Crippen LogP contribution is 2.31. The third-order valence-electron chi connectivity index (χ3n) is 4.19. The first-order valence-electron chi connectivity index (χ1n) is 8.72. The van der Waals surface area contributed by atoms with Gasteiger partial charge < -0.3 is 19.5 Å². The van der Waals surface area contributed by atoms with Crippen molar-refractivity contribution in [1.29, 1.82) is 0 Å². The van der Waals surface area contributed by atoms with Crippen LogP contribution in [0, 0.1) is 0 Å². The molecule has 0 radical (unpaired) electrons. The smallest absolute Gasteiger partial charge is 0.244 e. The number of fused-ring (bicyclic) bond motifs is 1. The topological polar surface area (TPSA) is 56.8 Å². The minimum atomic E-state index is -0.138. The maximum atomic E-state index is 12.3. The highest BCUT2D eigenvalue weighted by Gasteiger charge is 2.21. The fourth-order valence-electron chi connectivity index (χ4n) is 2.95. The van der Waals surface area contributed by atoms with Gasteiger partial charge in [0, 0.05) is 18.1 Å². The standard InChI is InChI=1S/C21H23NO4/c1-3-25-20-14-15(8-10-19(20)24-2)9-11-21(23)22-17-12-13-26-18-7-5-4-6-16(17)18/h4-11,14,17H,3,12-13H2,1-2H3,(H,22,23)/b11-9+/t17-/m1/s1. The lowest BCUT2D eigenvalue weighted by molar-refractivity contribution is -0.117. The van der Waals surface area contributed by atoms with Gasteiger partial charge in [-0.15, -0.1) is 0 Å². The Morgan fingerprint density at radius 2 is 2.12 bits per heavy atom. The minimum Gasteiger partial charge on any atom is -0.493 e. The summed E-state index contributed by atoms with van der Waals surface area (Å²) in [6.07, 6.45) is 4.06. The fraction of sp³-hybridized carbons (Fsp3) is 0.286. The zero-order chi connectivity index (χ0) is 18.4. The Hall–Kier alpha value is -2.95. The van der Waals surface area contributed by atoms with Crippen LogP contribution in [0.4, 0.5) is 0 Å². The van der Waals surface area contributed by atoms with Gasteiger partial charge in [0.25, 0.3) is 0 Å². The van der Waals surface area contributed by atoms with E-state index in [0.29, 0.717) is 24.7 Å². The summed E-state index contributed by atoms with van der Waals surface area (Å²) >= 11 is 0. The molecule has 5 nitrogen and oxygen atoms in total. The SMILES string of the molecule is CCOc1cc(/C=C/C(=O)N[C@@H]2CCOc3ccccc32)ccc1OC. The van der Waals surface area contributed by atoms with E-state index in [-0.39, 0.29) is 11.9 Å². The quantitative estimate of drug-likeness (QED) is 0.804. The molecule has 26 heavy (non-hydrogen) atoms. The van der Waals surface area contributed by atoms with Crippen LogP contribution in [0.3, 0.4) is 0 Å². The molecule has 0 aromatic heterocycles. The van der Waals surface area contributed by atoms with Crippen LogP contribution in [-0.2, 0) is 4.79 Å². The molecule has 0 unspecified atom stereocenters. The first kappa shape index (κ1) is 17.9. The van der Waals surface area contributed by atoms with Crippen LogP contribution in [0.5, 0.6) is 17.2 Å².